The van der Waals surface area contributed by atoms with Crippen LogP contribution in [-0.4, -0.2) is 10.7 Å². The summed E-state index contributed by atoms with van der Waals surface area (Å²) in [4.78, 5) is 0. The second kappa shape index (κ2) is 3.04. The van der Waals surface area contributed by atoms with Crippen LogP contribution in [0.25, 0.3) is 0 Å². The van der Waals surface area contributed by atoms with Gasteiger partial charge < -0.3 is 5.11 Å². The van der Waals surface area contributed by atoms with Gasteiger partial charge in [0.05, 0.1) is 5.60 Å². The van der Waals surface area contributed by atoms with Crippen LogP contribution < -0.4 is 0 Å². The summed E-state index contributed by atoms with van der Waals surface area (Å²) in [5.74, 6) is 3.55. The lowest BCUT2D eigenvalue weighted by Crippen LogP contribution is -2.42. The fourth-order valence-electron chi connectivity index (χ4n) is 5.27. The molecule has 0 unspecified atom stereocenters. The van der Waals surface area contributed by atoms with Gasteiger partial charge in [0.15, 0.2) is 0 Å². The summed E-state index contributed by atoms with van der Waals surface area (Å²) in [6.45, 7) is 9.49. The van der Waals surface area contributed by atoms with E-state index in [1.807, 2.05) is 0 Å². The normalized spacial score (nSPS) is 58.7. The van der Waals surface area contributed by atoms with Crippen LogP contribution in [0.1, 0.15) is 53.4 Å². The Kier molecular flexibility index (Phi) is 2.11. The summed E-state index contributed by atoms with van der Waals surface area (Å²) in [5, 5.41) is 11.1. The van der Waals surface area contributed by atoms with E-state index in [0.717, 1.165) is 24.2 Å². The zero-order valence-corrected chi connectivity index (χ0v) is 11.2. The molecule has 0 aromatic carbocycles. The van der Waals surface area contributed by atoms with E-state index in [1.54, 1.807) is 0 Å². The van der Waals surface area contributed by atoms with Gasteiger partial charge in [0.25, 0.3) is 0 Å². The van der Waals surface area contributed by atoms with Gasteiger partial charge in [-0.2, -0.15) is 0 Å². The predicted octanol–water partition coefficient (Wildman–Crippen LogP) is 3.47. The van der Waals surface area contributed by atoms with Crippen molar-refractivity contribution in [1.29, 1.82) is 0 Å². The lowest BCUT2D eigenvalue weighted by molar-refractivity contribution is -0.0624. The number of hydrogen-bond donors (Lipinski definition) is 1. The zero-order chi connectivity index (χ0) is 11.7. The minimum Gasteiger partial charge on any atom is -0.389 e. The Morgan fingerprint density at radius 3 is 2.38 bits per heavy atom. The molecule has 0 aliphatic heterocycles. The lowest BCUT2D eigenvalue weighted by Gasteiger charge is -2.37. The monoisotopic (exact) mass is 222 g/mol. The Labute approximate surface area is 99.6 Å². The quantitative estimate of drug-likeness (QED) is 0.665. The van der Waals surface area contributed by atoms with Crippen LogP contribution in [0.15, 0.2) is 0 Å². The number of aliphatic hydroxyl groups is 1. The van der Waals surface area contributed by atoms with Gasteiger partial charge in [-0.1, -0.05) is 27.7 Å². The molecular weight excluding hydrogens is 196 g/mol. The Bertz CT molecular complexity index is 309. The van der Waals surface area contributed by atoms with E-state index in [4.69, 9.17) is 0 Å². The molecule has 3 aliphatic rings. The van der Waals surface area contributed by atoms with Crippen molar-refractivity contribution < 1.29 is 5.11 Å². The standard InChI is InChI=1S/C15H26O/c1-9-7-8-15(16)10(2)5-6-11-13(12(9)15)14(11,3)4/h9-13,16H,5-8H2,1-4H3/t9-,10-,11+,12-,13+,15-/m0/s1. The summed E-state index contributed by atoms with van der Waals surface area (Å²) < 4.78 is 0. The van der Waals surface area contributed by atoms with Gasteiger partial charge in [0.2, 0.25) is 0 Å². The van der Waals surface area contributed by atoms with Crippen LogP contribution in [0, 0.1) is 35.0 Å². The van der Waals surface area contributed by atoms with Gasteiger partial charge in [-0.25, -0.2) is 0 Å². The maximum absolute atomic E-state index is 11.1. The molecule has 0 saturated heterocycles. The zero-order valence-electron chi connectivity index (χ0n) is 11.2. The highest BCUT2D eigenvalue weighted by atomic mass is 16.3. The molecular formula is C15H26O. The Morgan fingerprint density at radius 2 is 1.69 bits per heavy atom. The van der Waals surface area contributed by atoms with Crippen molar-refractivity contribution in [3.05, 3.63) is 0 Å². The molecule has 1 N–H and O–H groups in total. The van der Waals surface area contributed by atoms with Crippen molar-refractivity contribution in [3.8, 4) is 0 Å². The second-order valence-electron chi connectivity index (χ2n) is 7.47. The molecule has 0 heterocycles. The first kappa shape index (κ1) is 11.1. The summed E-state index contributed by atoms with van der Waals surface area (Å²) in [5.41, 5.74) is 0.185. The third kappa shape index (κ3) is 1.16. The number of fused-ring (bicyclic) bond motifs is 3. The van der Waals surface area contributed by atoms with E-state index in [1.165, 1.54) is 19.3 Å². The highest BCUT2D eigenvalue weighted by Gasteiger charge is 2.68. The Balaban J connectivity index is 1.98. The van der Waals surface area contributed by atoms with Crippen LogP contribution in [0.3, 0.4) is 0 Å². The van der Waals surface area contributed by atoms with Gasteiger partial charge in [-0.3, -0.25) is 0 Å². The van der Waals surface area contributed by atoms with E-state index in [0.29, 0.717) is 17.3 Å². The maximum atomic E-state index is 11.1. The SMILES string of the molecule is C[C@H]1CC[C@@]2(O)[C@@H]1[C@H]1[C@@H](CC[C@@H]2C)C1(C)C. The summed E-state index contributed by atoms with van der Waals surface area (Å²) >= 11 is 0. The molecule has 3 rings (SSSR count). The van der Waals surface area contributed by atoms with Crippen LogP contribution in [0.2, 0.25) is 0 Å². The van der Waals surface area contributed by atoms with Crippen LogP contribution in [0.4, 0.5) is 0 Å². The molecule has 0 bridgehead atoms. The number of hydrogen-bond acceptors (Lipinski definition) is 1. The molecule has 0 aromatic heterocycles. The van der Waals surface area contributed by atoms with E-state index >= 15 is 0 Å². The molecule has 1 nitrogen and oxygen atoms in total. The van der Waals surface area contributed by atoms with Crippen molar-refractivity contribution >= 4 is 0 Å². The first-order valence-electron chi connectivity index (χ1n) is 7.11. The second-order valence-corrected chi connectivity index (χ2v) is 7.47. The van der Waals surface area contributed by atoms with E-state index < -0.39 is 0 Å². The van der Waals surface area contributed by atoms with E-state index in [9.17, 15) is 5.11 Å². The van der Waals surface area contributed by atoms with Crippen LogP contribution in [0.5, 0.6) is 0 Å². The highest BCUT2D eigenvalue weighted by Crippen LogP contribution is 2.71. The van der Waals surface area contributed by atoms with Crippen molar-refractivity contribution in [3.63, 3.8) is 0 Å². The maximum Gasteiger partial charge on any atom is 0.0706 e. The molecule has 3 fully saturated rings. The van der Waals surface area contributed by atoms with Crippen LogP contribution >= 0.6 is 0 Å². The topological polar surface area (TPSA) is 20.2 Å². The van der Waals surface area contributed by atoms with Gasteiger partial charge >= 0.3 is 0 Å². The highest BCUT2D eigenvalue weighted by molar-refractivity contribution is 5.17. The van der Waals surface area contributed by atoms with Gasteiger partial charge in [-0.05, 0) is 60.7 Å². The fraction of sp³-hybridized carbons (Fsp3) is 1.00. The van der Waals surface area contributed by atoms with Crippen molar-refractivity contribution in [2.24, 2.45) is 35.0 Å². The smallest absolute Gasteiger partial charge is 0.0706 e. The fourth-order valence-corrected chi connectivity index (χ4v) is 5.27. The number of rotatable bonds is 0. The molecule has 92 valence electrons. The van der Waals surface area contributed by atoms with Gasteiger partial charge in [-0.15, -0.1) is 0 Å². The van der Waals surface area contributed by atoms with Crippen LogP contribution in [-0.2, 0) is 0 Å². The Hall–Kier alpha value is -0.0400. The average molecular weight is 222 g/mol. The molecule has 6 atom stereocenters. The molecule has 3 aliphatic carbocycles. The summed E-state index contributed by atoms with van der Waals surface area (Å²) in [6.07, 6.45) is 4.89. The molecule has 0 aromatic rings. The molecule has 3 saturated carbocycles. The van der Waals surface area contributed by atoms with Crippen molar-refractivity contribution in [2.75, 3.05) is 0 Å². The average Bonchev–Trinajstić information content (AvgIpc) is 2.64. The van der Waals surface area contributed by atoms with Gasteiger partial charge in [0.1, 0.15) is 0 Å². The Morgan fingerprint density at radius 1 is 1.00 bits per heavy atom. The molecule has 0 spiro atoms. The molecule has 16 heavy (non-hydrogen) atoms. The largest absolute Gasteiger partial charge is 0.389 e. The molecule has 1 heteroatoms. The van der Waals surface area contributed by atoms with Crippen molar-refractivity contribution in [2.45, 2.75) is 59.0 Å². The third-order valence-corrected chi connectivity index (χ3v) is 6.48. The first-order chi connectivity index (χ1) is 7.39. The van der Waals surface area contributed by atoms with Crippen molar-refractivity contribution in [1.82, 2.24) is 0 Å². The minimum atomic E-state index is -0.327. The molecule has 0 amide bonds. The third-order valence-electron chi connectivity index (χ3n) is 6.48. The predicted molar refractivity (Wildman–Crippen MR) is 66.0 cm³/mol. The summed E-state index contributed by atoms with van der Waals surface area (Å²) in [7, 11) is 0. The summed E-state index contributed by atoms with van der Waals surface area (Å²) in [6, 6.07) is 0. The van der Waals surface area contributed by atoms with Gasteiger partial charge in [0, 0.05) is 0 Å². The molecule has 0 radical (unpaired) electrons. The minimum absolute atomic E-state index is 0.327. The first-order valence-corrected chi connectivity index (χ1v) is 7.11. The van der Waals surface area contributed by atoms with E-state index in [-0.39, 0.29) is 5.60 Å². The lowest BCUT2D eigenvalue weighted by atomic mass is 9.73. The van der Waals surface area contributed by atoms with E-state index in [2.05, 4.69) is 27.7 Å².